The average Bonchev–Trinajstić information content (AvgIpc) is 3.13. The number of carbonyl (C=O) groups is 1. The van der Waals surface area contributed by atoms with Gasteiger partial charge in [-0.2, -0.15) is 13.2 Å². The monoisotopic (exact) mass is 344 g/mol. The number of fused-ring (bicyclic) bond motifs is 1. The number of nitrogens with zero attached hydrogens (tertiary/aromatic N) is 1. The Bertz CT molecular complexity index is 716. The third kappa shape index (κ3) is 3.28. The van der Waals surface area contributed by atoms with Crippen LogP contribution in [0.25, 0.3) is 10.1 Å². The number of hydrogen-bond acceptors (Lipinski definition) is 3. The lowest BCUT2D eigenvalue weighted by Crippen LogP contribution is -2.50. The fraction of sp³-hybridized carbons (Fsp3) is 0.400. The van der Waals surface area contributed by atoms with Crippen LogP contribution in [0.4, 0.5) is 23.7 Å². The maximum absolute atomic E-state index is 12.7. The number of aliphatic hydroxyl groups excluding tert-OH is 1. The zero-order valence-electron chi connectivity index (χ0n) is 12.0. The molecule has 1 aliphatic heterocycles. The molecule has 124 valence electrons. The van der Waals surface area contributed by atoms with Crippen LogP contribution in [0.3, 0.4) is 0 Å². The first-order chi connectivity index (χ1) is 10.9. The number of halogens is 3. The SMILES string of the molecule is O=C(Nc1ccc2sccc2c1)N1CCC[C@H]1[C@@H](O)C(F)(F)F. The second-order valence-electron chi connectivity index (χ2n) is 5.49. The molecule has 2 amide bonds. The van der Waals surface area contributed by atoms with E-state index in [1.54, 1.807) is 23.5 Å². The van der Waals surface area contributed by atoms with Crippen molar-refractivity contribution in [2.24, 2.45) is 0 Å². The molecule has 0 unspecified atom stereocenters. The van der Waals surface area contributed by atoms with Crippen molar-refractivity contribution in [2.45, 2.75) is 31.2 Å². The molecule has 8 heteroatoms. The molecular formula is C15H15F3N2O2S. The second-order valence-corrected chi connectivity index (χ2v) is 6.44. The first-order valence-corrected chi connectivity index (χ1v) is 8.04. The van der Waals surface area contributed by atoms with E-state index in [9.17, 15) is 23.1 Å². The number of thiophene rings is 1. The Labute approximate surface area is 134 Å². The van der Waals surface area contributed by atoms with Gasteiger partial charge in [-0.15, -0.1) is 11.3 Å². The fourth-order valence-electron chi connectivity index (χ4n) is 2.83. The van der Waals surface area contributed by atoms with Gasteiger partial charge in [-0.1, -0.05) is 0 Å². The predicted octanol–water partition coefficient (Wildman–Crippen LogP) is 3.82. The fourth-order valence-corrected chi connectivity index (χ4v) is 3.60. The average molecular weight is 344 g/mol. The van der Waals surface area contributed by atoms with E-state index >= 15 is 0 Å². The minimum Gasteiger partial charge on any atom is -0.382 e. The van der Waals surface area contributed by atoms with Gasteiger partial charge in [-0.3, -0.25) is 0 Å². The van der Waals surface area contributed by atoms with Crippen molar-refractivity contribution < 1.29 is 23.1 Å². The van der Waals surface area contributed by atoms with Crippen LogP contribution in [0.2, 0.25) is 0 Å². The Kier molecular flexibility index (Phi) is 4.20. The summed E-state index contributed by atoms with van der Waals surface area (Å²) in [5.41, 5.74) is 0.521. The van der Waals surface area contributed by atoms with E-state index in [4.69, 9.17) is 0 Å². The molecule has 1 aromatic carbocycles. The highest BCUT2D eigenvalue weighted by molar-refractivity contribution is 7.17. The molecular weight excluding hydrogens is 329 g/mol. The van der Waals surface area contributed by atoms with E-state index in [0.717, 1.165) is 15.0 Å². The van der Waals surface area contributed by atoms with E-state index in [1.165, 1.54) is 0 Å². The van der Waals surface area contributed by atoms with Gasteiger partial charge in [0.2, 0.25) is 0 Å². The summed E-state index contributed by atoms with van der Waals surface area (Å²) in [5.74, 6) is 0. The minimum atomic E-state index is -4.73. The van der Waals surface area contributed by atoms with Gasteiger partial charge in [0, 0.05) is 16.9 Å². The number of aliphatic hydroxyl groups is 1. The van der Waals surface area contributed by atoms with Crippen molar-refractivity contribution in [1.82, 2.24) is 4.90 Å². The summed E-state index contributed by atoms with van der Waals surface area (Å²) in [7, 11) is 0. The summed E-state index contributed by atoms with van der Waals surface area (Å²) in [6.45, 7) is 0.199. The van der Waals surface area contributed by atoms with E-state index < -0.39 is 24.4 Å². The van der Waals surface area contributed by atoms with Gasteiger partial charge in [0.15, 0.2) is 6.10 Å². The highest BCUT2D eigenvalue weighted by Crippen LogP contribution is 2.31. The Morgan fingerprint density at radius 1 is 1.39 bits per heavy atom. The maximum atomic E-state index is 12.7. The van der Waals surface area contributed by atoms with Gasteiger partial charge in [0.25, 0.3) is 0 Å². The lowest BCUT2D eigenvalue weighted by Gasteiger charge is -2.29. The van der Waals surface area contributed by atoms with E-state index in [-0.39, 0.29) is 13.0 Å². The van der Waals surface area contributed by atoms with Gasteiger partial charge < -0.3 is 15.3 Å². The van der Waals surface area contributed by atoms with Gasteiger partial charge in [-0.05, 0) is 47.9 Å². The highest BCUT2D eigenvalue weighted by Gasteiger charge is 2.48. The molecule has 1 saturated heterocycles. The quantitative estimate of drug-likeness (QED) is 0.870. The molecule has 3 rings (SSSR count). The Hall–Kier alpha value is -1.80. The normalized spacial score (nSPS) is 20.0. The summed E-state index contributed by atoms with van der Waals surface area (Å²) < 4.78 is 39.2. The molecule has 1 aromatic heterocycles. The molecule has 1 fully saturated rings. The first kappa shape index (κ1) is 16.1. The van der Waals surface area contributed by atoms with Crippen LogP contribution in [-0.4, -0.2) is 40.9 Å². The number of alkyl halides is 3. The smallest absolute Gasteiger partial charge is 0.382 e. The topological polar surface area (TPSA) is 52.6 Å². The number of nitrogens with one attached hydrogen (secondary N) is 1. The Morgan fingerprint density at radius 3 is 2.91 bits per heavy atom. The molecule has 0 bridgehead atoms. The number of rotatable bonds is 2. The molecule has 2 aromatic rings. The highest BCUT2D eigenvalue weighted by atomic mass is 32.1. The Balaban J connectivity index is 1.73. The van der Waals surface area contributed by atoms with E-state index in [1.807, 2.05) is 17.5 Å². The van der Waals surface area contributed by atoms with Gasteiger partial charge in [0.05, 0.1) is 6.04 Å². The zero-order chi connectivity index (χ0) is 16.6. The van der Waals surface area contributed by atoms with Crippen LogP contribution < -0.4 is 5.32 Å². The summed E-state index contributed by atoms with van der Waals surface area (Å²) >= 11 is 1.57. The molecule has 4 nitrogen and oxygen atoms in total. The van der Waals surface area contributed by atoms with E-state index in [2.05, 4.69) is 5.32 Å². The van der Waals surface area contributed by atoms with Gasteiger partial charge in [-0.25, -0.2) is 4.79 Å². The van der Waals surface area contributed by atoms with Crippen molar-refractivity contribution in [1.29, 1.82) is 0 Å². The third-order valence-corrected chi connectivity index (χ3v) is 4.86. The van der Waals surface area contributed by atoms with Crippen LogP contribution in [0, 0.1) is 0 Å². The standard InChI is InChI=1S/C15H15F3N2O2S/c16-15(17,18)13(21)11-2-1-6-20(11)14(22)19-10-3-4-12-9(8-10)5-7-23-12/h3-5,7-8,11,13,21H,1-2,6H2,(H,19,22)/t11-,13+/m0/s1. The molecule has 0 radical (unpaired) electrons. The number of carbonyl (C=O) groups excluding carboxylic acids is 1. The second kappa shape index (κ2) is 6.01. The molecule has 0 aliphatic carbocycles. The van der Waals surface area contributed by atoms with Crippen molar-refractivity contribution in [3.05, 3.63) is 29.6 Å². The molecule has 1 aliphatic rings. The molecule has 2 atom stereocenters. The number of urea groups is 1. The van der Waals surface area contributed by atoms with Crippen LogP contribution in [0.1, 0.15) is 12.8 Å². The lowest BCUT2D eigenvalue weighted by atomic mass is 10.1. The third-order valence-electron chi connectivity index (χ3n) is 3.96. The maximum Gasteiger partial charge on any atom is 0.416 e. The predicted molar refractivity (Wildman–Crippen MR) is 82.6 cm³/mol. The lowest BCUT2D eigenvalue weighted by molar-refractivity contribution is -0.216. The van der Waals surface area contributed by atoms with Crippen LogP contribution in [-0.2, 0) is 0 Å². The van der Waals surface area contributed by atoms with Crippen molar-refractivity contribution in [3.63, 3.8) is 0 Å². The number of benzene rings is 1. The van der Waals surface area contributed by atoms with Gasteiger partial charge in [0.1, 0.15) is 0 Å². The summed E-state index contributed by atoms with van der Waals surface area (Å²) in [4.78, 5) is 13.3. The number of anilines is 1. The van der Waals surface area contributed by atoms with Crippen LogP contribution in [0.5, 0.6) is 0 Å². The molecule has 2 N–H and O–H groups in total. The summed E-state index contributed by atoms with van der Waals surface area (Å²) in [5, 5.41) is 14.9. The minimum absolute atomic E-state index is 0.137. The molecule has 2 heterocycles. The largest absolute Gasteiger partial charge is 0.416 e. The van der Waals surface area contributed by atoms with Crippen LogP contribution in [0.15, 0.2) is 29.6 Å². The Morgan fingerprint density at radius 2 is 2.17 bits per heavy atom. The number of hydrogen-bond donors (Lipinski definition) is 2. The summed E-state index contributed by atoms with van der Waals surface area (Å²) in [6, 6.07) is 5.38. The van der Waals surface area contributed by atoms with Gasteiger partial charge >= 0.3 is 12.2 Å². The number of amides is 2. The molecule has 0 saturated carbocycles. The zero-order valence-corrected chi connectivity index (χ0v) is 12.8. The number of likely N-dealkylation sites (tertiary alicyclic amines) is 1. The molecule has 23 heavy (non-hydrogen) atoms. The first-order valence-electron chi connectivity index (χ1n) is 7.16. The van der Waals surface area contributed by atoms with E-state index in [0.29, 0.717) is 12.1 Å². The molecule has 0 spiro atoms. The van der Waals surface area contributed by atoms with Crippen molar-refractivity contribution in [2.75, 3.05) is 11.9 Å². The summed E-state index contributed by atoms with van der Waals surface area (Å²) in [6.07, 6.45) is -6.68. The van der Waals surface area contributed by atoms with Crippen molar-refractivity contribution >= 4 is 33.1 Å². The van der Waals surface area contributed by atoms with Crippen molar-refractivity contribution in [3.8, 4) is 0 Å². The van der Waals surface area contributed by atoms with Crippen LogP contribution >= 0.6 is 11.3 Å².